The molecule has 0 aliphatic rings. The van der Waals surface area contributed by atoms with Crippen LogP contribution in [0.25, 0.3) is 10.2 Å². The molecule has 0 aliphatic carbocycles. The van der Waals surface area contributed by atoms with Crippen LogP contribution in [0.15, 0.2) is 69.5 Å². The Morgan fingerprint density at radius 1 is 1.31 bits per heavy atom. The van der Waals surface area contributed by atoms with E-state index in [0.29, 0.717) is 26.1 Å². The number of carbonyl (C=O) groups excluding carboxylic acids is 1. The molecule has 0 aliphatic heterocycles. The lowest BCUT2D eigenvalue weighted by Crippen LogP contribution is -2.16. The van der Waals surface area contributed by atoms with Gasteiger partial charge in [0, 0.05) is 11.0 Å². The molecule has 0 bridgehead atoms. The molecular formula is C17H14BrN3O3S2. The fourth-order valence-electron chi connectivity index (χ4n) is 2.40. The summed E-state index contributed by atoms with van der Waals surface area (Å²) in [7, 11) is -3.81. The quantitative estimate of drug-likeness (QED) is 0.617. The molecule has 26 heavy (non-hydrogen) atoms. The van der Waals surface area contributed by atoms with E-state index in [4.69, 9.17) is 5.14 Å². The van der Waals surface area contributed by atoms with E-state index in [1.165, 1.54) is 23.5 Å². The maximum Gasteiger partial charge on any atom is 0.280 e. The predicted octanol–water partition coefficient (Wildman–Crippen LogP) is 3.04. The van der Waals surface area contributed by atoms with Gasteiger partial charge in [-0.05, 0) is 46.3 Å². The molecule has 0 spiro atoms. The second-order valence-corrected chi connectivity index (χ2v) is 8.78. The fraction of sp³-hybridized carbons (Fsp3) is 0.0588. The van der Waals surface area contributed by atoms with Gasteiger partial charge in [0.25, 0.3) is 5.91 Å². The van der Waals surface area contributed by atoms with Crippen molar-refractivity contribution in [2.75, 3.05) is 0 Å². The summed E-state index contributed by atoms with van der Waals surface area (Å²) in [5.41, 5.74) is 1.20. The van der Waals surface area contributed by atoms with Crippen molar-refractivity contribution in [2.45, 2.75) is 11.4 Å². The lowest BCUT2D eigenvalue weighted by Gasteiger charge is -2.02. The Morgan fingerprint density at radius 2 is 2.04 bits per heavy atom. The third-order valence-electron chi connectivity index (χ3n) is 3.60. The van der Waals surface area contributed by atoms with E-state index < -0.39 is 15.9 Å². The molecule has 0 radical (unpaired) electrons. The molecule has 0 unspecified atom stereocenters. The van der Waals surface area contributed by atoms with Crippen molar-refractivity contribution < 1.29 is 13.2 Å². The number of halogens is 1. The fourth-order valence-corrected chi connectivity index (χ4v) is 4.55. The number of amides is 1. The largest absolute Gasteiger partial charge is 0.312 e. The van der Waals surface area contributed by atoms with E-state index in [0.717, 1.165) is 5.52 Å². The molecule has 6 nitrogen and oxygen atoms in total. The number of nitrogens with two attached hydrogens (primary N) is 1. The summed E-state index contributed by atoms with van der Waals surface area (Å²) in [5, 5.41) is 5.20. The van der Waals surface area contributed by atoms with Crippen LogP contribution in [0, 0.1) is 0 Å². The first kappa shape index (κ1) is 18.7. The minimum Gasteiger partial charge on any atom is -0.312 e. The van der Waals surface area contributed by atoms with E-state index in [-0.39, 0.29) is 4.90 Å². The van der Waals surface area contributed by atoms with Crippen molar-refractivity contribution in [1.82, 2.24) is 4.57 Å². The van der Waals surface area contributed by atoms with Gasteiger partial charge in [0.1, 0.15) is 0 Å². The SMILES string of the molecule is C=CCn1c(=NC(=O)c2ccccc2Br)sc2cc(S(N)(=O)=O)ccc21. The number of nitrogens with zero attached hydrogens (tertiary/aromatic N) is 2. The normalized spacial score (nSPS) is 12.5. The molecule has 1 heterocycles. The van der Waals surface area contributed by atoms with Crippen molar-refractivity contribution >= 4 is 53.4 Å². The monoisotopic (exact) mass is 451 g/mol. The number of hydrogen-bond donors (Lipinski definition) is 1. The van der Waals surface area contributed by atoms with Crippen LogP contribution in [0.1, 0.15) is 10.4 Å². The smallest absolute Gasteiger partial charge is 0.280 e. The lowest BCUT2D eigenvalue weighted by molar-refractivity contribution is 0.0997. The van der Waals surface area contributed by atoms with Gasteiger partial charge in [-0.2, -0.15) is 4.99 Å². The Kier molecular flexibility index (Phi) is 5.24. The Balaban J connectivity index is 2.21. The summed E-state index contributed by atoms with van der Waals surface area (Å²) in [5.74, 6) is -0.395. The van der Waals surface area contributed by atoms with Gasteiger partial charge in [0.2, 0.25) is 10.0 Å². The highest BCUT2D eigenvalue weighted by Gasteiger charge is 2.14. The highest BCUT2D eigenvalue weighted by atomic mass is 79.9. The zero-order valence-corrected chi connectivity index (χ0v) is 16.6. The predicted molar refractivity (Wildman–Crippen MR) is 105 cm³/mol. The van der Waals surface area contributed by atoms with Crippen molar-refractivity contribution in [2.24, 2.45) is 10.1 Å². The number of benzene rings is 2. The number of thiazole rings is 1. The second-order valence-electron chi connectivity index (χ2n) is 5.36. The van der Waals surface area contributed by atoms with Gasteiger partial charge < -0.3 is 4.57 Å². The van der Waals surface area contributed by atoms with Gasteiger partial charge in [-0.15, -0.1) is 6.58 Å². The number of aromatic nitrogens is 1. The van der Waals surface area contributed by atoms with Crippen LogP contribution in [0.5, 0.6) is 0 Å². The summed E-state index contributed by atoms with van der Waals surface area (Å²) in [6.45, 7) is 4.15. The molecule has 0 atom stereocenters. The lowest BCUT2D eigenvalue weighted by atomic mass is 10.2. The van der Waals surface area contributed by atoms with E-state index >= 15 is 0 Å². The first-order valence-corrected chi connectivity index (χ1v) is 10.6. The number of fused-ring (bicyclic) bond motifs is 1. The van der Waals surface area contributed by atoms with E-state index in [9.17, 15) is 13.2 Å². The zero-order valence-electron chi connectivity index (χ0n) is 13.4. The molecule has 0 fully saturated rings. The van der Waals surface area contributed by atoms with Gasteiger partial charge in [-0.3, -0.25) is 4.79 Å². The van der Waals surface area contributed by atoms with Crippen LogP contribution in [0.4, 0.5) is 0 Å². The van der Waals surface area contributed by atoms with Crippen LogP contribution in [-0.2, 0) is 16.6 Å². The van der Waals surface area contributed by atoms with Gasteiger partial charge >= 0.3 is 0 Å². The number of sulfonamides is 1. The molecule has 0 saturated heterocycles. The van der Waals surface area contributed by atoms with Gasteiger partial charge in [-0.1, -0.05) is 29.5 Å². The van der Waals surface area contributed by atoms with Crippen molar-refractivity contribution in [3.63, 3.8) is 0 Å². The van der Waals surface area contributed by atoms with Gasteiger partial charge in [0.05, 0.1) is 20.7 Å². The van der Waals surface area contributed by atoms with Crippen LogP contribution in [0.2, 0.25) is 0 Å². The number of hydrogen-bond acceptors (Lipinski definition) is 4. The average Bonchev–Trinajstić information content (AvgIpc) is 2.91. The van der Waals surface area contributed by atoms with Crippen molar-refractivity contribution in [3.8, 4) is 0 Å². The average molecular weight is 452 g/mol. The third kappa shape index (κ3) is 3.70. The molecule has 1 aromatic heterocycles. The van der Waals surface area contributed by atoms with Gasteiger partial charge in [-0.25, -0.2) is 13.6 Å². The minimum absolute atomic E-state index is 0.0145. The second kappa shape index (κ2) is 7.28. The molecule has 2 aromatic carbocycles. The number of primary sulfonamides is 1. The molecule has 3 rings (SSSR count). The minimum atomic E-state index is -3.81. The van der Waals surface area contributed by atoms with Crippen LogP contribution >= 0.6 is 27.3 Å². The van der Waals surface area contributed by atoms with Crippen LogP contribution in [-0.4, -0.2) is 18.9 Å². The van der Waals surface area contributed by atoms with E-state index in [2.05, 4.69) is 27.5 Å². The summed E-state index contributed by atoms with van der Waals surface area (Å²) in [6.07, 6.45) is 1.68. The maximum absolute atomic E-state index is 12.5. The number of allylic oxidation sites excluding steroid dienone is 1. The number of carbonyl (C=O) groups is 1. The standard InChI is InChI=1S/C17H14BrN3O3S2/c1-2-9-21-14-8-7-11(26(19,23)24)10-15(14)25-17(21)20-16(22)12-5-3-4-6-13(12)18/h2-8,10H,1,9H2,(H2,19,23,24). The summed E-state index contributed by atoms with van der Waals surface area (Å²) < 4.78 is 26.3. The first-order chi connectivity index (χ1) is 12.3. The first-order valence-electron chi connectivity index (χ1n) is 7.42. The summed E-state index contributed by atoms with van der Waals surface area (Å²) in [6, 6.07) is 11.6. The van der Waals surface area contributed by atoms with Crippen molar-refractivity contribution in [3.05, 3.63) is 70.0 Å². The molecule has 134 valence electrons. The molecular weight excluding hydrogens is 438 g/mol. The highest BCUT2D eigenvalue weighted by molar-refractivity contribution is 9.10. The molecule has 2 N–H and O–H groups in total. The van der Waals surface area contributed by atoms with Crippen molar-refractivity contribution in [1.29, 1.82) is 0 Å². The topological polar surface area (TPSA) is 94.5 Å². The highest BCUT2D eigenvalue weighted by Crippen LogP contribution is 2.22. The molecule has 3 aromatic rings. The Morgan fingerprint density at radius 3 is 2.69 bits per heavy atom. The van der Waals surface area contributed by atoms with E-state index in [1.807, 2.05) is 6.07 Å². The third-order valence-corrected chi connectivity index (χ3v) is 6.24. The number of rotatable bonds is 4. The Labute approximate surface area is 162 Å². The zero-order chi connectivity index (χ0) is 18.9. The molecule has 1 amide bonds. The Bertz CT molecular complexity index is 1190. The van der Waals surface area contributed by atoms with Crippen LogP contribution < -0.4 is 9.94 Å². The van der Waals surface area contributed by atoms with Gasteiger partial charge in [0.15, 0.2) is 4.80 Å². The summed E-state index contributed by atoms with van der Waals surface area (Å²) in [4.78, 5) is 17.2. The maximum atomic E-state index is 12.5. The van der Waals surface area contributed by atoms with Crippen LogP contribution in [0.3, 0.4) is 0 Å². The molecule has 0 saturated carbocycles. The molecule has 9 heteroatoms. The summed E-state index contributed by atoms with van der Waals surface area (Å²) >= 11 is 4.56. The Hall–Kier alpha value is -2.07. The van der Waals surface area contributed by atoms with E-state index in [1.54, 1.807) is 34.9 Å².